The molecule has 1 aromatic rings. The Bertz CT molecular complexity index is 476. The van der Waals surface area contributed by atoms with Crippen LogP contribution in [0.1, 0.15) is 24.8 Å². The van der Waals surface area contributed by atoms with Gasteiger partial charge in [-0.3, -0.25) is 0 Å². The second-order valence-electron chi connectivity index (χ2n) is 6.32. The molecule has 0 aromatic heterocycles. The fourth-order valence-electron chi connectivity index (χ4n) is 3.69. The van der Waals surface area contributed by atoms with Crippen LogP contribution in [0.3, 0.4) is 0 Å². The average molecular weight is 309 g/mol. The third-order valence-corrected chi connectivity index (χ3v) is 6.11. The first-order valence-corrected chi connectivity index (χ1v) is 9.00. The molecule has 0 saturated carbocycles. The summed E-state index contributed by atoms with van der Waals surface area (Å²) in [5.74, 6) is 2.84. The first kappa shape index (κ1) is 15.3. The lowest BCUT2D eigenvalue weighted by molar-refractivity contribution is -0.0847. The van der Waals surface area contributed by atoms with Crippen LogP contribution in [0.4, 0.5) is 4.39 Å². The Labute approximate surface area is 130 Å². The van der Waals surface area contributed by atoms with Crippen LogP contribution in [0.2, 0.25) is 0 Å². The zero-order chi connectivity index (χ0) is 14.7. The van der Waals surface area contributed by atoms with Gasteiger partial charge in [0.15, 0.2) is 0 Å². The predicted molar refractivity (Wildman–Crippen MR) is 86.3 cm³/mol. The zero-order valence-electron chi connectivity index (χ0n) is 12.6. The molecule has 2 aliphatic rings. The Kier molecular flexibility index (Phi) is 4.87. The fourth-order valence-corrected chi connectivity index (χ4v) is 5.07. The zero-order valence-corrected chi connectivity index (χ0v) is 13.4. The quantitative estimate of drug-likeness (QED) is 0.922. The number of rotatable bonds is 4. The minimum atomic E-state index is -0.141. The van der Waals surface area contributed by atoms with Crippen molar-refractivity contribution in [3.63, 3.8) is 0 Å². The second-order valence-corrected chi connectivity index (χ2v) is 7.42. The molecule has 2 heterocycles. The highest BCUT2D eigenvalue weighted by molar-refractivity contribution is 7.99. The van der Waals surface area contributed by atoms with Gasteiger partial charge in [-0.1, -0.05) is 12.1 Å². The summed E-state index contributed by atoms with van der Waals surface area (Å²) in [6, 6.07) is 7.39. The largest absolute Gasteiger partial charge is 0.374 e. The van der Waals surface area contributed by atoms with Crippen LogP contribution in [0.5, 0.6) is 0 Å². The summed E-state index contributed by atoms with van der Waals surface area (Å²) in [7, 11) is 2.02. The molecule has 0 radical (unpaired) electrons. The fraction of sp³-hybridized carbons (Fsp3) is 0.647. The molecule has 1 spiro atoms. The lowest BCUT2D eigenvalue weighted by atomic mass is 9.79. The molecule has 3 unspecified atom stereocenters. The first-order chi connectivity index (χ1) is 10.2. The van der Waals surface area contributed by atoms with Crippen molar-refractivity contribution in [3.8, 4) is 0 Å². The van der Waals surface area contributed by atoms with Gasteiger partial charge in [0.2, 0.25) is 0 Å². The van der Waals surface area contributed by atoms with E-state index in [-0.39, 0.29) is 11.4 Å². The highest BCUT2D eigenvalue weighted by atomic mass is 32.2. The van der Waals surface area contributed by atoms with Gasteiger partial charge >= 0.3 is 0 Å². The van der Waals surface area contributed by atoms with E-state index < -0.39 is 0 Å². The van der Waals surface area contributed by atoms with Crippen LogP contribution < -0.4 is 5.32 Å². The van der Waals surface area contributed by atoms with Crippen molar-refractivity contribution in [2.24, 2.45) is 5.92 Å². The van der Waals surface area contributed by atoms with Crippen LogP contribution in [-0.2, 0) is 11.2 Å². The summed E-state index contributed by atoms with van der Waals surface area (Å²) in [5, 5.41) is 3.46. The summed E-state index contributed by atoms with van der Waals surface area (Å²) in [4.78, 5) is 0. The molecule has 2 aliphatic heterocycles. The normalized spacial score (nSPS) is 30.7. The van der Waals surface area contributed by atoms with E-state index in [0.717, 1.165) is 37.2 Å². The van der Waals surface area contributed by atoms with E-state index in [1.165, 1.54) is 18.2 Å². The molecule has 21 heavy (non-hydrogen) atoms. The molecule has 3 atom stereocenters. The average Bonchev–Trinajstić information content (AvgIpc) is 2.92. The van der Waals surface area contributed by atoms with E-state index in [0.29, 0.717) is 12.0 Å². The van der Waals surface area contributed by atoms with Gasteiger partial charge < -0.3 is 10.1 Å². The molecule has 0 aliphatic carbocycles. The van der Waals surface area contributed by atoms with Crippen molar-refractivity contribution in [1.29, 1.82) is 0 Å². The summed E-state index contributed by atoms with van der Waals surface area (Å²) in [5.41, 5.74) is 1.20. The van der Waals surface area contributed by atoms with Gasteiger partial charge in [-0.2, -0.15) is 11.8 Å². The number of thioether (sulfide) groups is 1. The summed E-state index contributed by atoms with van der Waals surface area (Å²) in [6.07, 6.45) is 4.32. The van der Waals surface area contributed by atoms with Crippen molar-refractivity contribution in [2.75, 3.05) is 25.2 Å². The first-order valence-electron chi connectivity index (χ1n) is 7.84. The van der Waals surface area contributed by atoms with E-state index in [9.17, 15) is 4.39 Å². The van der Waals surface area contributed by atoms with Crippen molar-refractivity contribution >= 4 is 11.8 Å². The van der Waals surface area contributed by atoms with Crippen molar-refractivity contribution in [2.45, 2.75) is 37.3 Å². The number of halogens is 1. The van der Waals surface area contributed by atoms with Crippen LogP contribution >= 0.6 is 11.8 Å². The number of hydrogen-bond acceptors (Lipinski definition) is 3. The van der Waals surface area contributed by atoms with Gasteiger partial charge in [-0.25, -0.2) is 4.39 Å². The summed E-state index contributed by atoms with van der Waals surface area (Å²) in [6.45, 7) is 0.868. The lowest BCUT2D eigenvalue weighted by Crippen LogP contribution is -2.47. The van der Waals surface area contributed by atoms with E-state index >= 15 is 0 Å². The topological polar surface area (TPSA) is 21.3 Å². The van der Waals surface area contributed by atoms with E-state index in [2.05, 4.69) is 5.32 Å². The molecule has 2 nitrogen and oxygen atoms in total. The molecule has 0 amide bonds. The summed E-state index contributed by atoms with van der Waals surface area (Å²) >= 11 is 2.01. The molecule has 1 N–H and O–H groups in total. The molecular formula is C17H24FNOS. The third kappa shape index (κ3) is 3.61. The third-order valence-electron chi connectivity index (χ3n) is 4.88. The molecule has 116 valence electrons. The monoisotopic (exact) mass is 309 g/mol. The Morgan fingerprint density at radius 1 is 1.52 bits per heavy atom. The molecule has 1 aromatic carbocycles. The van der Waals surface area contributed by atoms with Crippen LogP contribution in [-0.4, -0.2) is 36.8 Å². The lowest BCUT2D eigenvalue weighted by Gasteiger charge is -2.41. The number of nitrogens with one attached hydrogen (secondary N) is 1. The van der Waals surface area contributed by atoms with Gasteiger partial charge in [-0.15, -0.1) is 0 Å². The van der Waals surface area contributed by atoms with Crippen molar-refractivity contribution < 1.29 is 9.13 Å². The number of hydrogen-bond donors (Lipinski definition) is 1. The number of likely N-dealkylation sites (N-methyl/N-ethyl adjacent to an activating group) is 1. The SMILES string of the molecule is CNC(Cc1cccc(F)c1)C1CCOC2(CCSC2)C1. The minimum Gasteiger partial charge on any atom is -0.374 e. The molecule has 0 bridgehead atoms. The molecule has 3 rings (SSSR count). The van der Waals surface area contributed by atoms with Crippen molar-refractivity contribution in [3.05, 3.63) is 35.6 Å². The summed E-state index contributed by atoms with van der Waals surface area (Å²) < 4.78 is 19.5. The molecule has 2 saturated heterocycles. The van der Waals surface area contributed by atoms with E-state index in [1.54, 1.807) is 12.1 Å². The molecule has 2 fully saturated rings. The van der Waals surface area contributed by atoms with Gasteiger partial charge in [0.25, 0.3) is 0 Å². The maximum Gasteiger partial charge on any atom is 0.123 e. The van der Waals surface area contributed by atoms with Gasteiger partial charge in [-0.05, 0) is 62.1 Å². The van der Waals surface area contributed by atoms with Crippen LogP contribution in [0.15, 0.2) is 24.3 Å². The second kappa shape index (κ2) is 6.67. The smallest absolute Gasteiger partial charge is 0.123 e. The Balaban J connectivity index is 1.67. The maximum atomic E-state index is 13.4. The van der Waals surface area contributed by atoms with E-state index in [4.69, 9.17) is 4.74 Å². The highest BCUT2D eigenvalue weighted by Gasteiger charge is 2.42. The van der Waals surface area contributed by atoms with E-state index in [1.807, 2.05) is 24.9 Å². The standard InChI is InChI=1S/C17H24FNOS/c1-19-16(10-13-3-2-4-15(18)9-13)14-5-7-20-17(11-14)6-8-21-12-17/h2-4,9,14,16,19H,5-8,10-12H2,1H3. The molecule has 4 heteroatoms. The van der Waals surface area contributed by atoms with Gasteiger partial charge in [0.05, 0.1) is 5.60 Å². The maximum absolute atomic E-state index is 13.4. The minimum absolute atomic E-state index is 0.116. The van der Waals surface area contributed by atoms with Crippen LogP contribution in [0.25, 0.3) is 0 Å². The highest BCUT2D eigenvalue weighted by Crippen LogP contribution is 2.41. The number of ether oxygens (including phenoxy) is 1. The molecular weight excluding hydrogens is 285 g/mol. The number of benzene rings is 1. The van der Waals surface area contributed by atoms with Crippen LogP contribution in [0, 0.1) is 11.7 Å². The van der Waals surface area contributed by atoms with Gasteiger partial charge in [0.1, 0.15) is 5.82 Å². The Hall–Kier alpha value is -0.580. The van der Waals surface area contributed by atoms with Crippen molar-refractivity contribution in [1.82, 2.24) is 5.32 Å². The predicted octanol–water partition coefficient (Wildman–Crippen LogP) is 3.26. The van der Waals surface area contributed by atoms with Gasteiger partial charge in [0, 0.05) is 18.4 Å². The Morgan fingerprint density at radius 3 is 3.14 bits per heavy atom. The Morgan fingerprint density at radius 2 is 2.43 bits per heavy atom.